The number of hydrogen-bond acceptors (Lipinski definition) is 12. The number of imide groups is 1. The standard InChI is InChI=1S/C54H52F3N9O7S/c1-30(10-11-31-20-23-65(24-21-31)29-47(68)58-33-12-14-38-43(26-33)64(2)63-48(38)39-17-19-46(67)61-51(39)70)73-34-13-15-35(41(27-34)54(55,56)57)36-16-18-45(60-49(36)52(71)72)66-25-22-32-6-5-7-37(40(32)28-66)50(69)62-53-59-42-8-3-4-9-44(42)74-53/h3-9,12-16,18,26-27,30-31,39H,10-11,17,19-25,28-29H2,1-2H3,(H,58,68)(H,71,72)(H,59,62,69)(H,61,67,70)/t30-,39?/m1/s1. The van der Waals surface area contributed by atoms with Gasteiger partial charge in [-0.1, -0.05) is 41.7 Å². The number of ether oxygens (including phenoxy) is 1. The van der Waals surface area contributed by atoms with Crippen LogP contribution in [0, 0.1) is 5.92 Å². The number of anilines is 3. The van der Waals surface area contributed by atoms with Crippen LogP contribution in [-0.4, -0.2) is 91.6 Å². The summed E-state index contributed by atoms with van der Waals surface area (Å²) in [6, 6.07) is 24.8. The molecule has 0 saturated carbocycles. The van der Waals surface area contributed by atoms with E-state index in [9.17, 15) is 42.3 Å². The van der Waals surface area contributed by atoms with E-state index in [2.05, 4.69) is 35.9 Å². The second kappa shape index (κ2) is 20.7. The van der Waals surface area contributed by atoms with E-state index in [1.54, 1.807) is 30.8 Å². The van der Waals surface area contributed by atoms with Gasteiger partial charge in [0, 0.05) is 48.8 Å². The van der Waals surface area contributed by atoms with Crippen LogP contribution in [0.2, 0.25) is 0 Å². The van der Waals surface area contributed by atoms with Crippen LogP contribution >= 0.6 is 11.3 Å². The first-order chi connectivity index (χ1) is 35.5. The van der Waals surface area contributed by atoms with Crippen molar-refractivity contribution < 1.29 is 47.0 Å². The van der Waals surface area contributed by atoms with Crippen LogP contribution in [0.1, 0.15) is 94.6 Å². The maximum absolute atomic E-state index is 14.8. The molecule has 2 saturated heterocycles. The Morgan fingerprint density at radius 1 is 0.905 bits per heavy atom. The number of para-hydroxylation sites is 1. The van der Waals surface area contributed by atoms with Crippen molar-refractivity contribution in [3.8, 4) is 16.9 Å². The molecule has 4 amide bonds. The second-order valence-corrected chi connectivity index (χ2v) is 20.2. The molecule has 0 bridgehead atoms. The van der Waals surface area contributed by atoms with E-state index < -0.39 is 35.4 Å². The lowest BCUT2D eigenvalue weighted by molar-refractivity contribution is -0.137. The van der Waals surface area contributed by atoms with Gasteiger partial charge in [0.2, 0.25) is 17.7 Å². The predicted molar refractivity (Wildman–Crippen MR) is 273 cm³/mol. The van der Waals surface area contributed by atoms with Gasteiger partial charge < -0.3 is 20.1 Å². The summed E-state index contributed by atoms with van der Waals surface area (Å²) in [4.78, 5) is 76.5. The number of fused-ring (bicyclic) bond motifs is 3. The smallest absolute Gasteiger partial charge is 0.417 e. The Morgan fingerprint density at radius 2 is 1.70 bits per heavy atom. The maximum Gasteiger partial charge on any atom is 0.417 e. The number of alkyl halides is 3. The molecule has 2 atom stereocenters. The summed E-state index contributed by atoms with van der Waals surface area (Å²) in [5, 5.41) is 24.4. The summed E-state index contributed by atoms with van der Waals surface area (Å²) in [5.74, 6) is -2.61. The van der Waals surface area contributed by atoms with E-state index in [0.29, 0.717) is 66.9 Å². The predicted octanol–water partition coefficient (Wildman–Crippen LogP) is 9.20. The molecule has 7 aromatic rings. The fraction of sp³-hybridized carbons (Fsp3) is 0.333. The van der Waals surface area contributed by atoms with Gasteiger partial charge in [-0.15, -0.1) is 0 Å². The number of pyridine rings is 1. The number of aromatic nitrogens is 4. The van der Waals surface area contributed by atoms with E-state index in [-0.39, 0.29) is 65.8 Å². The minimum Gasteiger partial charge on any atom is -0.491 e. The number of rotatable bonds is 14. The topological polar surface area (TPSA) is 201 Å². The number of aryl methyl sites for hydroxylation is 1. The zero-order valence-corrected chi connectivity index (χ0v) is 41.3. The molecule has 3 aromatic heterocycles. The summed E-state index contributed by atoms with van der Waals surface area (Å²) >= 11 is 1.36. The Labute approximate surface area is 426 Å². The molecule has 382 valence electrons. The SMILES string of the molecule is C[C@H](CCC1CCN(CC(=O)Nc2ccc3c(C4CCC(=O)NC4=O)nn(C)c3c2)CC1)Oc1ccc(-c2ccc(N3CCc4cccc(C(=O)Nc5nc6ccccc6s5)c4C3)nc2C(=O)O)c(C(F)(F)F)c1. The van der Waals surface area contributed by atoms with Crippen LogP contribution in [0.3, 0.4) is 0 Å². The lowest BCUT2D eigenvalue weighted by Gasteiger charge is -2.32. The highest BCUT2D eigenvalue weighted by Gasteiger charge is 2.37. The minimum absolute atomic E-state index is 0.00288. The molecule has 74 heavy (non-hydrogen) atoms. The third-order valence-electron chi connectivity index (χ3n) is 14.2. The van der Waals surface area contributed by atoms with Gasteiger partial charge in [0.1, 0.15) is 11.6 Å². The van der Waals surface area contributed by atoms with Gasteiger partial charge in [-0.3, -0.25) is 39.4 Å². The highest BCUT2D eigenvalue weighted by Crippen LogP contribution is 2.42. The number of carboxylic acids is 1. The molecule has 1 unspecified atom stereocenters. The van der Waals surface area contributed by atoms with E-state index in [4.69, 9.17) is 4.74 Å². The molecule has 6 heterocycles. The van der Waals surface area contributed by atoms with Gasteiger partial charge in [-0.2, -0.15) is 18.3 Å². The van der Waals surface area contributed by atoms with Gasteiger partial charge in [0.05, 0.1) is 45.6 Å². The molecule has 20 heteroatoms. The lowest BCUT2D eigenvalue weighted by Crippen LogP contribution is -2.39. The highest BCUT2D eigenvalue weighted by molar-refractivity contribution is 7.22. The van der Waals surface area contributed by atoms with Crippen molar-refractivity contribution in [3.63, 3.8) is 0 Å². The molecule has 0 radical (unpaired) electrons. The third kappa shape index (κ3) is 10.7. The Kier molecular flexibility index (Phi) is 13.9. The number of likely N-dealkylation sites (tertiary alicyclic amines) is 1. The number of hydrogen-bond donors (Lipinski definition) is 4. The normalized spacial score (nSPS) is 17.0. The number of carbonyl (C=O) groups is 5. The van der Waals surface area contributed by atoms with Gasteiger partial charge in [-0.05, 0) is 142 Å². The van der Waals surface area contributed by atoms with Crippen LogP contribution in [-0.2, 0) is 40.6 Å². The van der Waals surface area contributed by atoms with Gasteiger partial charge in [-0.25, -0.2) is 14.8 Å². The first-order valence-electron chi connectivity index (χ1n) is 24.5. The minimum atomic E-state index is -4.85. The number of benzene rings is 4. The van der Waals surface area contributed by atoms with Crippen LogP contribution < -0.4 is 25.6 Å². The lowest BCUT2D eigenvalue weighted by atomic mass is 9.91. The summed E-state index contributed by atoms with van der Waals surface area (Å²) in [5.41, 5.74) is 2.68. The molecule has 0 spiro atoms. The van der Waals surface area contributed by atoms with Gasteiger partial charge in [0.15, 0.2) is 10.8 Å². The zero-order valence-electron chi connectivity index (χ0n) is 40.5. The number of amides is 4. The summed E-state index contributed by atoms with van der Waals surface area (Å²) in [7, 11) is 1.77. The third-order valence-corrected chi connectivity index (χ3v) is 15.1. The molecule has 10 rings (SSSR count). The van der Waals surface area contributed by atoms with Gasteiger partial charge in [0.25, 0.3) is 5.91 Å². The summed E-state index contributed by atoms with van der Waals surface area (Å²) < 4.78 is 53.1. The van der Waals surface area contributed by atoms with Crippen LogP contribution in [0.25, 0.3) is 32.2 Å². The first-order valence-corrected chi connectivity index (χ1v) is 25.3. The molecule has 16 nitrogen and oxygen atoms in total. The number of aromatic carboxylic acids is 1. The summed E-state index contributed by atoms with van der Waals surface area (Å²) in [6.45, 7) is 4.06. The molecule has 4 aromatic carbocycles. The number of nitrogens with zero attached hydrogens (tertiary/aromatic N) is 6. The van der Waals surface area contributed by atoms with Crippen molar-refractivity contribution in [1.82, 2.24) is 30.0 Å². The number of carboxylic acid groups (broad SMARTS) is 1. The monoisotopic (exact) mass is 1030 g/mol. The number of carbonyl (C=O) groups excluding carboxylic acids is 4. The van der Waals surface area contributed by atoms with Gasteiger partial charge >= 0.3 is 12.1 Å². The van der Waals surface area contributed by atoms with Crippen molar-refractivity contribution in [2.24, 2.45) is 13.0 Å². The second-order valence-electron chi connectivity index (χ2n) is 19.1. The summed E-state index contributed by atoms with van der Waals surface area (Å²) in [6.07, 6.45) is -1.09. The van der Waals surface area contributed by atoms with E-state index >= 15 is 0 Å². The van der Waals surface area contributed by atoms with Crippen molar-refractivity contribution in [1.29, 1.82) is 0 Å². The average Bonchev–Trinajstić information content (AvgIpc) is 3.94. The van der Waals surface area contributed by atoms with Crippen LogP contribution in [0.15, 0.2) is 91.0 Å². The molecular formula is C54H52F3N9O7S. The molecule has 0 aliphatic carbocycles. The quantitative estimate of drug-likeness (QED) is 0.0754. The molecular weight excluding hydrogens is 976 g/mol. The van der Waals surface area contributed by atoms with E-state index in [1.807, 2.05) is 53.4 Å². The van der Waals surface area contributed by atoms with Crippen molar-refractivity contribution in [2.45, 2.75) is 76.6 Å². The average molecular weight is 1030 g/mol. The zero-order chi connectivity index (χ0) is 51.8. The van der Waals surface area contributed by atoms with Crippen LogP contribution in [0.4, 0.5) is 29.8 Å². The van der Waals surface area contributed by atoms with E-state index in [0.717, 1.165) is 57.6 Å². The highest BCUT2D eigenvalue weighted by atomic mass is 32.1. The first kappa shape index (κ1) is 49.9. The number of thiazole rings is 1. The Hall–Kier alpha value is -7.71. The molecule has 3 aliphatic rings. The van der Waals surface area contributed by atoms with Crippen molar-refractivity contribution >= 4 is 78.7 Å². The fourth-order valence-electron chi connectivity index (χ4n) is 10.3. The molecule has 3 aliphatic heterocycles. The Balaban J connectivity index is 0.736. The van der Waals surface area contributed by atoms with Crippen LogP contribution in [0.5, 0.6) is 5.75 Å². The number of halogens is 3. The Morgan fingerprint density at radius 3 is 2.47 bits per heavy atom. The Bertz CT molecular complexity index is 3320. The number of piperidine rings is 2. The molecule has 2 fully saturated rings. The largest absolute Gasteiger partial charge is 0.491 e. The van der Waals surface area contributed by atoms with E-state index in [1.165, 1.54) is 35.6 Å². The number of nitrogens with one attached hydrogen (secondary N) is 3. The molecule has 4 N–H and O–H groups in total. The maximum atomic E-state index is 14.8. The fourth-order valence-corrected chi connectivity index (χ4v) is 11.2. The van der Waals surface area contributed by atoms with Crippen molar-refractivity contribution in [3.05, 3.63) is 125 Å². The van der Waals surface area contributed by atoms with Crippen molar-refractivity contribution in [2.75, 3.05) is 41.7 Å².